The molecule has 8 nitrogen and oxygen atoms in total. The molecule has 4 rings (SSSR count). The second-order valence-electron chi connectivity index (χ2n) is 7.68. The first-order valence-corrected chi connectivity index (χ1v) is 11.8. The Morgan fingerprint density at radius 2 is 1.58 bits per heavy atom. The summed E-state index contributed by atoms with van der Waals surface area (Å²) in [6.07, 6.45) is 0.973. The van der Waals surface area contributed by atoms with Gasteiger partial charge in [0.1, 0.15) is 11.5 Å². The highest BCUT2D eigenvalue weighted by Crippen LogP contribution is 2.41. The molecule has 3 aromatic rings. The maximum atomic E-state index is 13.4. The van der Waals surface area contributed by atoms with E-state index in [-0.39, 0.29) is 17.6 Å². The summed E-state index contributed by atoms with van der Waals surface area (Å²) in [6, 6.07) is 21.4. The van der Waals surface area contributed by atoms with Gasteiger partial charge in [0, 0.05) is 13.1 Å². The first kappa shape index (κ1) is 22.3. The Hall–Kier alpha value is -3.85. The summed E-state index contributed by atoms with van der Waals surface area (Å²) in [5, 5.41) is 0. The summed E-state index contributed by atoms with van der Waals surface area (Å²) < 4.78 is 33.7. The van der Waals surface area contributed by atoms with Gasteiger partial charge in [-0.1, -0.05) is 48.5 Å². The van der Waals surface area contributed by atoms with E-state index in [1.54, 1.807) is 19.2 Å². The van der Waals surface area contributed by atoms with Gasteiger partial charge in [-0.2, -0.15) is 8.42 Å². The predicted molar refractivity (Wildman–Crippen MR) is 126 cm³/mol. The zero-order valence-electron chi connectivity index (χ0n) is 18.3. The molecule has 1 aliphatic heterocycles. The molecule has 0 spiro atoms. The van der Waals surface area contributed by atoms with E-state index in [1.165, 1.54) is 18.1 Å². The molecule has 1 aliphatic rings. The van der Waals surface area contributed by atoms with Gasteiger partial charge in [0.2, 0.25) is 0 Å². The second-order valence-corrected chi connectivity index (χ2v) is 9.25. The smallest absolute Gasteiger partial charge is 0.306 e. The number of hydrogen-bond acceptors (Lipinski definition) is 7. The molecule has 0 aliphatic carbocycles. The maximum Gasteiger partial charge on any atom is 0.306 e. The van der Waals surface area contributed by atoms with Crippen LogP contribution >= 0.6 is 0 Å². The van der Waals surface area contributed by atoms with Gasteiger partial charge in [0.05, 0.1) is 13.4 Å². The van der Waals surface area contributed by atoms with Crippen LogP contribution in [0.1, 0.15) is 11.1 Å². The molecule has 3 aromatic carbocycles. The molecule has 0 saturated carbocycles. The Bertz CT molecular complexity index is 1360. The van der Waals surface area contributed by atoms with Crippen molar-refractivity contribution >= 4 is 22.0 Å². The number of carbonyl (C=O) groups excluding carboxylic acids is 1. The Balaban J connectivity index is 1.89. The van der Waals surface area contributed by atoms with Crippen molar-refractivity contribution in [1.82, 2.24) is 4.90 Å². The molecule has 1 amide bonds. The Labute approximate surface area is 192 Å². The number of aliphatic imine (C=N–C) groups is 1. The average Bonchev–Trinajstić information content (AvgIpc) is 3.03. The van der Waals surface area contributed by atoms with Crippen LogP contribution in [0.5, 0.6) is 11.5 Å². The summed E-state index contributed by atoms with van der Waals surface area (Å²) in [5.41, 5.74) is 7.39. The molecular formula is C24H23N3O5S. The number of benzene rings is 3. The molecule has 1 heterocycles. The van der Waals surface area contributed by atoms with Gasteiger partial charge in [-0.15, -0.1) is 0 Å². The first-order chi connectivity index (χ1) is 15.6. The highest BCUT2D eigenvalue weighted by Gasteiger charge is 2.49. The Kier molecular flexibility index (Phi) is 5.59. The third kappa shape index (κ3) is 4.14. The number of amides is 1. The third-order valence-corrected chi connectivity index (χ3v) is 5.90. The number of hydrogen-bond donors (Lipinski definition) is 1. The molecule has 9 heteroatoms. The van der Waals surface area contributed by atoms with E-state index in [0.717, 1.165) is 11.8 Å². The fourth-order valence-electron chi connectivity index (χ4n) is 3.87. The lowest BCUT2D eigenvalue weighted by Gasteiger charge is -2.26. The van der Waals surface area contributed by atoms with Crippen molar-refractivity contribution in [1.29, 1.82) is 0 Å². The van der Waals surface area contributed by atoms with Crippen LogP contribution in [0.3, 0.4) is 0 Å². The van der Waals surface area contributed by atoms with E-state index in [2.05, 4.69) is 4.99 Å². The molecule has 0 radical (unpaired) electrons. The Morgan fingerprint density at radius 3 is 2.18 bits per heavy atom. The molecule has 170 valence electrons. The van der Waals surface area contributed by atoms with Crippen LogP contribution in [-0.2, 0) is 20.5 Å². The van der Waals surface area contributed by atoms with Gasteiger partial charge in [0.25, 0.3) is 5.91 Å². The van der Waals surface area contributed by atoms with Gasteiger partial charge in [-0.25, -0.2) is 4.99 Å². The molecule has 0 saturated heterocycles. The van der Waals surface area contributed by atoms with E-state index in [1.807, 2.05) is 54.6 Å². The van der Waals surface area contributed by atoms with Gasteiger partial charge in [0.15, 0.2) is 11.5 Å². The number of rotatable bonds is 6. The van der Waals surface area contributed by atoms with E-state index in [0.29, 0.717) is 22.4 Å². The van der Waals surface area contributed by atoms with Crippen molar-refractivity contribution in [3.63, 3.8) is 0 Å². The van der Waals surface area contributed by atoms with Crippen molar-refractivity contribution in [3.8, 4) is 22.6 Å². The summed E-state index contributed by atoms with van der Waals surface area (Å²) in [5.74, 6) is 0.400. The topological polar surface area (TPSA) is 111 Å². The van der Waals surface area contributed by atoms with Crippen molar-refractivity contribution in [3.05, 3.63) is 83.9 Å². The van der Waals surface area contributed by atoms with Crippen LogP contribution in [0.25, 0.3) is 11.1 Å². The van der Waals surface area contributed by atoms with Gasteiger partial charge >= 0.3 is 10.1 Å². The summed E-state index contributed by atoms with van der Waals surface area (Å²) >= 11 is 0. The second kappa shape index (κ2) is 8.25. The largest absolute Gasteiger partial charge is 0.497 e. The normalized spacial score (nSPS) is 18.2. The zero-order chi connectivity index (χ0) is 23.8. The summed E-state index contributed by atoms with van der Waals surface area (Å²) in [4.78, 5) is 19.4. The molecule has 0 aromatic heterocycles. The number of likely N-dealkylation sites (N-methyl/N-ethyl adjacent to an activating group) is 1. The van der Waals surface area contributed by atoms with Gasteiger partial charge < -0.3 is 14.7 Å². The molecule has 1 atom stereocenters. The lowest BCUT2D eigenvalue weighted by Crippen LogP contribution is -2.41. The van der Waals surface area contributed by atoms with Crippen LogP contribution < -0.4 is 14.7 Å². The lowest BCUT2D eigenvalue weighted by atomic mass is 9.82. The molecule has 2 N–H and O–H groups in total. The summed E-state index contributed by atoms with van der Waals surface area (Å²) in [6.45, 7) is 0. The van der Waals surface area contributed by atoms with Gasteiger partial charge in [-0.05, 0) is 40.5 Å². The van der Waals surface area contributed by atoms with Crippen molar-refractivity contribution < 1.29 is 22.1 Å². The van der Waals surface area contributed by atoms with E-state index >= 15 is 0 Å². The highest BCUT2D eigenvalue weighted by atomic mass is 32.2. The molecule has 0 unspecified atom stereocenters. The number of guanidine groups is 1. The quantitative estimate of drug-likeness (QED) is 0.561. The minimum Gasteiger partial charge on any atom is -0.497 e. The van der Waals surface area contributed by atoms with E-state index < -0.39 is 15.7 Å². The fourth-order valence-corrected chi connectivity index (χ4v) is 4.31. The van der Waals surface area contributed by atoms with Crippen LogP contribution in [0.15, 0.2) is 77.8 Å². The molecular weight excluding hydrogens is 442 g/mol. The zero-order valence-corrected chi connectivity index (χ0v) is 19.2. The van der Waals surface area contributed by atoms with E-state index in [9.17, 15) is 13.2 Å². The van der Waals surface area contributed by atoms with Crippen molar-refractivity contribution in [2.24, 2.45) is 10.7 Å². The Morgan fingerprint density at radius 1 is 0.909 bits per heavy atom. The fraction of sp³-hybridized carbons (Fsp3) is 0.167. The van der Waals surface area contributed by atoms with Crippen molar-refractivity contribution in [2.45, 2.75) is 5.54 Å². The minimum absolute atomic E-state index is 0.119. The molecule has 33 heavy (non-hydrogen) atoms. The summed E-state index contributed by atoms with van der Waals surface area (Å²) in [7, 11) is -0.654. The SMILES string of the molecule is COc1cc(OS(C)(=O)=O)cc(-c2cccc([C@]3(c4ccccc4)N=C(N)N(C)C3=O)c2)c1. The molecule has 0 bridgehead atoms. The van der Waals surface area contributed by atoms with Crippen molar-refractivity contribution in [2.75, 3.05) is 20.4 Å². The number of methoxy groups -OCH3 is 1. The predicted octanol–water partition coefficient (Wildman–Crippen LogP) is 2.73. The number of nitrogens with two attached hydrogens (primary N) is 1. The van der Waals surface area contributed by atoms with Crippen LogP contribution in [0.4, 0.5) is 0 Å². The monoisotopic (exact) mass is 465 g/mol. The number of ether oxygens (including phenoxy) is 1. The third-order valence-electron chi connectivity index (χ3n) is 5.41. The lowest BCUT2D eigenvalue weighted by molar-refractivity contribution is -0.129. The number of carbonyl (C=O) groups is 1. The van der Waals surface area contributed by atoms with Gasteiger partial charge in [-0.3, -0.25) is 9.69 Å². The maximum absolute atomic E-state index is 13.4. The van der Waals surface area contributed by atoms with E-state index in [4.69, 9.17) is 14.7 Å². The first-order valence-electron chi connectivity index (χ1n) is 10.0. The highest BCUT2D eigenvalue weighted by molar-refractivity contribution is 7.86. The number of nitrogens with zero attached hydrogens (tertiary/aromatic N) is 2. The van der Waals surface area contributed by atoms with Crippen LogP contribution in [0, 0.1) is 0 Å². The average molecular weight is 466 g/mol. The van der Waals surface area contributed by atoms with Crippen LogP contribution in [-0.4, -0.2) is 45.6 Å². The minimum atomic E-state index is -3.73. The molecule has 0 fully saturated rings. The van der Waals surface area contributed by atoms with Crippen LogP contribution in [0.2, 0.25) is 0 Å². The standard InChI is InChI=1S/C24H23N3O5S/c1-27-22(28)24(26-23(27)25,18-9-5-4-6-10-18)19-11-7-8-16(12-19)17-13-20(31-2)15-21(14-17)32-33(3,29)30/h4-15H,1-3H3,(H2,25,26)/t24-/m0/s1.